The molecule has 3 aliphatic rings. The van der Waals surface area contributed by atoms with Gasteiger partial charge in [-0.15, -0.1) is 0 Å². The van der Waals surface area contributed by atoms with Crippen molar-refractivity contribution in [2.24, 2.45) is 17.8 Å². The first-order valence-electron chi connectivity index (χ1n) is 22.4. The summed E-state index contributed by atoms with van der Waals surface area (Å²) in [6.07, 6.45) is -6.42. The molecule has 0 radical (unpaired) electrons. The van der Waals surface area contributed by atoms with Crippen molar-refractivity contribution >= 4 is 36.1 Å². The van der Waals surface area contributed by atoms with Crippen molar-refractivity contribution in [2.75, 3.05) is 21.2 Å². The van der Waals surface area contributed by atoms with E-state index in [1.54, 1.807) is 77.9 Å². The van der Waals surface area contributed by atoms with Crippen molar-refractivity contribution in [3.8, 4) is 0 Å². The zero-order valence-corrected chi connectivity index (χ0v) is 39.7. The summed E-state index contributed by atoms with van der Waals surface area (Å²) in [5, 5.41) is 32.9. The number of nitrogens with zero attached hydrogens (tertiary/aromatic N) is 1. The first kappa shape index (κ1) is 55.5. The number of aliphatic carboxylic acids is 1. The molecule has 0 spiro atoms. The highest BCUT2D eigenvalue weighted by Crippen LogP contribution is 2.38. The maximum Gasteiger partial charge on any atom is 0.309 e. The molecule has 0 saturated carbocycles. The zero-order chi connectivity index (χ0) is 48.8. The minimum absolute atomic E-state index is 0.0484. The summed E-state index contributed by atoms with van der Waals surface area (Å²) in [5.74, 6) is -5.18. The number of rotatable bonds is 16. The Bertz CT molecular complexity index is 1630. The van der Waals surface area contributed by atoms with Crippen LogP contribution in [0.3, 0.4) is 0 Å². The van der Waals surface area contributed by atoms with E-state index in [1.807, 2.05) is 13.8 Å². The molecule has 370 valence electrons. The topological polar surface area (TPSA) is 249 Å². The lowest BCUT2D eigenvalue weighted by atomic mass is 9.82. The van der Waals surface area contributed by atoms with Crippen LogP contribution >= 0.6 is 0 Å². The molecule has 2 fully saturated rings. The number of carboxylic acid groups (broad SMARTS) is 1. The number of esters is 4. The van der Waals surface area contributed by atoms with Crippen molar-refractivity contribution in [1.82, 2.24) is 4.90 Å². The van der Waals surface area contributed by atoms with Gasteiger partial charge in [-0.25, -0.2) is 0 Å². The number of carbonyl (C=O) groups excluding carboxylic acids is 5. The first-order valence-corrected chi connectivity index (χ1v) is 22.4. The normalized spacial score (nSPS) is 37.4. The number of aldehydes is 1. The van der Waals surface area contributed by atoms with Crippen molar-refractivity contribution in [1.29, 1.82) is 0 Å². The third-order valence-corrected chi connectivity index (χ3v) is 11.7. The third-order valence-electron chi connectivity index (χ3n) is 11.7. The second kappa shape index (κ2) is 25.9. The summed E-state index contributed by atoms with van der Waals surface area (Å²) < 4.78 is 54.6. The number of hydrogen-bond acceptors (Lipinski definition) is 18. The van der Waals surface area contributed by atoms with Gasteiger partial charge in [0.25, 0.3) is 0 Å². The van der Waals surface area contributed by atoms with Crippen LogP contribution in [0, 0.1) is 17.8 Å². The summed E-state index contributed by atoms with van der Waals surface area (Å²) in [5.41, 5.74) is -1.54. The van der Waals surface area contributed by atoms with Gasteiger partial charge in [-0.3, -0.25) is 24.0 Å². The van der Waals surface area contributed by atoms with Gasteiger partial charge in [-0.1, -0.05) is 39.0 Å². The highest BCUT2D eigenvalue weighted by molar-refractivity contribution is 5.76. The molecule has 0 aromatic rings. The molecular weight excluding hydrogens is 854 g/mol. The quantitative estimate of drug-likeness (QED) is 0.114. The molecule has 0 unspecified atom stereocenters. The van der Waals surface area contributed by atoms with E-state index in [4.69, 9.17) is 42.6 Å². The molecule has 0 aliphatic carbocycles. The molecule has 0 bridgehead atoms. The highest BCUT2D eigenvalue weighted by atomic mass is 16.7. The number of hydrogen-bond donors (Lipinski definition) is 3. The van der Waals surface area contributed by atoms with E-state index >= 15 is 0 Å². The Labute approximate surface area is 382 Å². The lowest BCUT2D eigenvalue weighted by Crippen LogP contribution is -2.66. The molecule has 65 heavy (non-hydrogen) atoms. The predicted octanol–water partition coefficient (Wildman–Crippen LogP) is 3.43. The lowest BCUT2D eigenvalue weighted by molar-refractivity contribution is -0.344. The average Bonchev–Trinajstić information content (AvgIpc) is 3.18. The van der Waals surface area contributed by atoms with Gasteiger partial charge in [0, 0.05) is 39.7 Å². The largest absolute Gasteiger partial charge is 0.481 e. The number of cyclic esters (lactones) is 1. The fourth-order valence-corrected chi connectivity index (χ4v) is 8.64. The zero-order valence-electron chi connectivity index (χ0n) is 39.7. The van der Waals surface area contributed by atoms with Crippen LogP contribution in [0.15, 0.2) is 24.3 Å². The van der Waals surface area contributed by atoms with Crippen LogP contribution in [0.2, 0.25) is 0 Å². The second-order valence-electron chi connectivity index (χ2n) is 18.3. The van der Waals surface area contributed by atoms with E-state index in [0.29, 0.717) is 12.7 Å². The van der Waals surface area contributed by atoms with E-state index in [0.717, 1.165) is 6.92 Å². The minimum atomic E-state index is -1.54. The Kier molecular flexibility index (Phi) is 22.1. The smallest absolute Gasteiger partial charge is 0.309 e. The molecular formula is C46H73NO18. The van der Waals surface area contributed by atoms with Gasteiger partial charge in [0.05, 0.1) is 43.6 Å². The molecule has 0 amide bonds. The monoisotopic (exact) mass is 927 g/mol. The van der Waals surface area contributed by atoms with E-state index in [9.17, 15) is 44.1 Å². The molecule has 0 aromatic carbocycles. The second-order valence-corrected chi connectivity index (χ2v) is 18.3. The van der Waals surface area contributed by atoms with Crippen LogP contribution in [0.25, 0.3) is 0 Å². The third kappa shape index (κ3) is 17.1. The fraction of sp³-hybridized carbons (Fsp3) is 0.783. The number of likely N-dealkylation sites (N-methyl/N-ethyl adjacent to an activating group) is 1. The molecule has 0 aromatic heterocycles. The van der Waals surface area contributed by atoms with Crippen LogP contribution in [0.4, 0.5) is 0 Å². The maximum atomic E-state index is 13.4. The Morgan fingerprint density at radius 3 is 2.23 bits per heavy atom. The molecule has 16 atom stereocenters. The van der Waals surface area contributed by atoms with E-state index in [-0.39, 0.29) is 38.0 Å². The number of carboxylic acids is 1. The van der Waals surface area contributed by atoms with Gasteiger partial charge >= 0.3 is 29.8 Å². The molecule has 2 saturated heterocycles. The molecule has 3 heterocycles. The summed E-state index contributed by atoms with van der Waals surface area (Å²) in [4.78, 5) is 76.9. The summed E-state index contributed by atoms with van der Waals surface area (Å²) in [6.45, 7) is 13.3. The van der Waals surface area contributed by atoms with Gasteiger partial charge in [0.2, 0.25) is 0 Å². The van der Waals surface area contributed by atoms with Crippen LogP contribution in [0.1, 0.15) is 107 Å². The van der Waals surface area contributed by atoms with Crippen LogP contribution in [-0.4, -0.2) is 163 Å². The Hall–Kier alpha value is -3.82. The molecule has 3 N–H and O–H groups in total. The SMILES string of the molecule is CO[C@@H]1[C@@H](O[C@@H]2O[C@H](C)[C@@H](O[C@H]3C[C@@](C)(O)[C@@H](OC(=O)CC(C)C)[C@H](C)O3)[C@H](N(C)C)[C@H]2O)[C@@H](CC=O)C[C@@H](C)[C@@H](OC(=O)CCC(=O)O)/C=C/C=C/C[C@@H](C)OC(=O)C[C@H]1OC(C)=O. The van der Waals surface area contributed by atoms with Crippen molar-refractivity contribution < 1.29 is 86.7 Å². The average molecular weight is 928 g/mol. The van der Waals surface area contributed by atoms with Gasteiger partial charge in [0.1, 0.15) is 48.5 Å². The molecule has 19 heteroatoms. The molecule has 19 nitrogen and oxygen atoms in total. The summed E-state index contributed by atoms with van der Waals surface area (Å²) >= 11 is 0. The lowest BCUT2D eigenvalue weighted by Gasteiger charge is -2.50. The number of carbonyl (C=O) groups is 6. The minimum Gasteiger partial charge on any atom is -0.481 e. The van der Waals surface area contributed by atoms with Crippen LogP contribution in [0.5, 0.6) is 0 Å². The molecule has 3 aliphatic heterocycles. The Morgan fingerprint density at radius 2 is 1.65 bits per heavy atom. The van der Waals surface area contributed by atoms with Gasteiger partial charge in [-0.05, 0) is 72.0 Å². The molecule has 3 rings (SSSR count). The number of allylic oxidation sites excluding steroid dienone is 2. The van der Waals surface area contributed by atoms with Crippen molar-refractivity contribution in [2.45, 2.75) is 192 Å². The highest BCUT2D eigenvalue weighted by Gasteiger charge is 2.53. The van der Waals surface area contributed by atoms with E-state index in [1.165, 1.54) is 7.11 Å². The maximum absolute atomic E-state index is 13.4. The number of ether oxygens (including phenoxy) is 9. The van der Waals surface area contributed by atoms with Crippen molar-refractivity contribution in [3.05, 3.63) is 24.3 Å². The summed E-state index contributed by atoms with van der Waals surface area (Å²) in [6, 6.07) is -0.849. The first-order chi connectivity index (χ1) is 30.5. The van der Waals surface area contributed by atoms with Crippen LogP contribution in [-0.2, 0) is 71.4 Å². The Balaban J connectivity index is 2.05. The van der Waals surface area contributed by atoms with Gasteiger partial charge in [0.15, 0.2) is 18.7 Å². The van der Waals surface area contributed by atoms with Crippen LogP contribution < -0.4 is 0 Å². The number of methoxy groups -OCH3 is 1. The number of aliphatic hydroxyl groups is 2. The number of aliphatic hydroxyl groups excluding tert-OH is 1. The predicted molar refractivity (Wildman–Crippen MR) is 231 cm³/mol. The summed E-state index contributed by atoms with van der Waals surface area (Å²) in [7, 11) is 4.75. The van der Waals surface area contributed by atoms with E-state index < -0.39 is 140 Å². The Morgan fingerprint density at radius 1 is 0.954 bits per heavy atom. The fourth-order valence-electron chi connectivity index (χ4n) is 8.64. The van der Waals surface area contributed by atoms with E-state index in [2.05, 4.69) is 0 Å². The van der Waals surface area contributed by atoms with Gasteiger partial charge < -0.3 is 67.6 Å². The van der Waals surface area contributed by atoms with Gasteiger partial charge in [-0.2, -0.15) is 0 Å². The van der Waals surface area contributed by atoms with Crippen molar-refractivity contribution in [3.63, 3.8) is 0 Å². The standard InChI is InChI=1S/C46H73NO18/c1-25(2)21-36(53)63-44-29(6)59-38(24-46(44,8)56)64-41-28(5)60-45(40(55)39(41)47(9)10)65-42-31(19-20-48)22-26(3)32(62-35(52)18-17-34(50)51)16-14-12-13-15-27(4)58-37(54)23-33(43(42)57-11)61-30(7)49/h12-14,16,20,25-29,31-33,38-45,55-56H,15,17-19,21-24H2,1-11H3,(H,50,51)/b13-12+,16-14+/t26-,27-,28-,29+,31+,32+,33-,38+,39-,40-,41-,42+,43+,44+,45+,46-/m1/s1.